The molecule has 0 amide bonds. The summed E-state index contributed by atoms with van der Waals surface area (Å²) in [6.45, 7) is 6.81. The van der Waals surface area contributed by atoms with Crippen molar-refractivity contribution in [2.45, 2.75) is 65.3 Å². The largest absolute Gasteiger partial charge is 0.267 e. The number of rotatable bonds is 0. The SMILES string of the molecule is CC1=NC2CC(C)(C)CCCCCC2C=N1. The van der Waals surface area contributed by atoms with E-state index in [4.69, 9.17) is 4.99 Å². The maximum Gasteiger partial charge on any atom is 0.120 e. The maximum absolute atomic E-state index is 4.76. The van der Waals surface area contributed by atoms with Crippen molar-refractivity contribution in [3.8, 4) is 0 Å². The Morgan fingerprint density at radius 3 is 2.88 bits per heavy atom. The van der Waals surface area contributed by atoms with Gasteiger partial charge in [-0.3, -0.25) is 4.99 Å². The summed E-state index contributed by atoms with van der Waals surface area (Å²) in [6.07, 6.45) is 10.1. The van der Waals surface area contributed by atoms with Gasteiger partial charge in [-0.2, -0.15) is 0 Å². The third kappa shape index (κ3) is 2.93. The molecule has 2 aliphatic rings. The summed E-state index contributed by atoms with van der Waals surface area (Å²) in [5.41, 5.74) is 0.447. The predicted molar refractivity (Wildman–Crippen MR) is 70.4 cm³/mol. The van der Waals surface area contributed by atoms with Crippen LogP contribution in [0.15, 0.2) is 9.98 Å². The van der Waals surface area contributed by atoms with Crippen molar-refractivity contribution in [2.24, 2.45) is 21.3 Å². The maximum atomic E-state index is 4.76. The van der Waals surface area contributed by atoms with Gasteiger partial charge in [0, 0.05) is 12.1 Å². The highest BCUT2D eigenvalue weighted by Gasteiger charge is 2.30. The van der Waals surface area contributed by atoms with Crippen LogP contribution in [0.4, 0.5) is 0 Å². The van der Waals surface area contributed by atoms with Gasteiger partial charge in [-0.25, -0.2) is 4.99 Å². The van der Waals surface area contributed by atoms with Gasteiger partial charge in [0.15, 0.2) is 0 Å². The van der Waals surface area contributed by atoms with E-state index >= 15 is 0 Å². The van der Waals surface area contributed by atoms with E-state index in [1.54, 1.807) is 0 Å². The van der Waals surface area contributed by atoms with E-state index in [-0.39, 0.29) is 0 Å². The number of amidine groups is 1. The van der Waals surface area contributed by atoms with Crippen LogP contribution in [-0.4, -0.2) is 18.1 Å². The summed E-state index contributed by atoms with van der Waals surface area (Å²) < 4.78 is 0. The molecule has 2 rings (SSSR count). The molecule has 1 saturated carbocycles. The van der Waals surface area contributed by atoms with Crippen molar-refractivity contribution in [1.29, 1.82) is 0 Å². The standard InChI is InChI=1S/C14H24N2/c1-11-15-10-12-7-5-4-6-8-14(2,3)9-13(12)16-11/h10,12-13H,4-9H2,1-3H3. The summed E-state index contributed by atoms with van der Waals surface area (Å²) in [5, 5.41) is 0. The van der Waals surface area contributed by atoms with Crippen LogP contribution in [0.1, 0.15) is 59.3 Å². The first kappa shape index (κ1) is 11.8. The predicted octanol–water partition coefficient (Wildman–Crippen LogP) is 3.85. The Balaban J connectivity index is 2.14. The molecule has 0 aromatic carbocycles. The number of hydrogen-bond donors (Lipinski definition) is 0. The molecule has 2 unspecified atom stereocenters. The average Bonchev–Trinajstić information content (AvgIpc) is 2.25. The minimum Gasteiger partial charge on any atom is -0.267 e. The van der Waals surface area contributed by atoms with Crippen molar-refractivity contribution in [2.75, 3.05) is 0 Å². The van der Waals surface area contributed by atoms with E-state index in [0.29, 0.717) is 17.4 Å². The molecule has 0 radical (unpaired) electrons. The number of nitrogens with zero attached hydrogens (tertiary/aromatic N) is 2. The molecule has 0 saturated heterocycles. The topological polar surface area (TPSA) is 24.7 Å². The molecule has 0 spiro atoms. The van der Waals surface area contributed by atoms with Gasteiger partial charge in [0.1, 0.15) is 5.84 Å². The minimum absolute atomic E-state index is 0.447. The van der Waals surface area contributed by atoms with Crippen LogP contribution in [0.2, 0.25) is 0 Å². The molecule has 1 aliphatic heterocycles. The summed E-state index contributed by atoms with van der Waals surface area (Å²) in [4.78, 5) is 9.15. The molecule has 1 heterocycles. The van der Waals surface area contributed by atoms with E-state index in [0.717, 1.165) is 5.84 Å². The number of fused-ring (bicyclic) bond motifs is 1. The molecule has 0 aromatic heterocycles. The Labute approximate surface area is 99.3 Å². The van der Waals surface area contributed by atoms with E-state index in [1.165, 1.54) is 38.5 Å². The molecular formula is C14H24N2. The summed E-state index contributed by atoms with van der Waals surface area (Å²) in [5.74, 6) is 1.57. The fourth-order valence-electron chi connectivity index (χ4n) is 2.96. The van der Waals surface area contributed by atoms with Gasteiger partial charge < -0.3 is 0 Å². The molecular weight excluding hydrogens is 196 g/mol. The monoisotopic (exact) mass is 220 g/mol. The van der Waals surface area contributed by atoms with Crippen molar-refractivity contribution >= 4 is 12.1 Å². The molecule has 1 aliphatic carbocycles. The van der Waals surface area contributed by atoms with Crippen LogP contribution in [0.25, 0.3) is 0 Å². The quantitative estimate of drug-likeness (QED) is 0.592. The molecule has 16 heavy (non-hydrogen) atoms. The molecule has 1 fully saturated rings. The zero-order valence-electron chi connectivity index (χ0n) is 10.9. The van der Waals surface area contributed by atoms with Gasteiger partial charge in [0.25, 0.3) is 0 Å². The Morgan fingerprint density at radius 1 is 1.25 bits per heavy atom. The molecule has 0 aromatic rings. The Hall–Kier alpha value is -0.660. The lowest BCUT2D eigenvalue weighted by Crippen LogP contribution is -2.29. The Bertz CT molecular complexity index is 302. The average molecular weight is 220 g/mol. The van der Waals surface area contributed by atoms with Gasteiger partial charge in [-0.15, -0.1) is 0 Å². The van der Waals surface area contributed by atoms with Gasteiger partial charge in [0.2, 0.25) is 0 Å². The zero-order valence-corrected chi connectivity index (χ0v) is 10.9. The molecule has 2 heteroatoms. The second-order valence-corrected chi connectivity index (χ2v) is 6.15. The van der Waals surface area contributed by atoms with Crippen LogP contribution in [0.3, 0.4) is 0 Å². The fraction of sp³-hybridized carbons (Fsp3) is 0.857. The third-order valence-electron chi connectivity index (χ3n) is 3.95. The summed E-state index contributed by atoms with van der Waals surface area (Å²) >= 11 is 0. The number of hydrogen-bond acceptors (Lipinski definition) is 2. The first-order chi connectivity index (χ1) is 7.57. The highest BCUT2D eigenvalue weighted by molar-refractivity contribution is 5.90. The normalized spacial score (nSPS) is 34.3. The lowest BCUT2D eigenvalue weighted by molar-refractivity contribution is 0.266. The second-order valence-electron chi connectivity index (χ2n) is 6.15. The third-order valence-corrected chi connectivity index (χ3v) is 3.95. The van der Waals surface area contributed by atoms with Gasteiger partial charge in [-0.1, -0.05) is 33.1 Å². The van der Waals surface area contributed by atoms with Gasteiger partial charge in [-0.05, 0) is 31.6 Å². The zero-order chi connectivity index (χ0) is 11.6. The van der Waals surface area contributed by atoms with Crippen LogP contribution < -0.4 is 0 Å². The summed E-state index contributed by atoms with van der Waals surface area (Å²) in [6, 6.07) is 0.491. The van der Waals surface area contributed by atoms with Crippen LogP contribution >= 0.6 is 0 Å². The Morgan fingerprint density at radius 2 is 2.06 bits per heavy atom. The van der Waals surface area contributed by atoms with E-state index in [2.05, 4.69) is 25.1 Å². The molecule has 0 N–H and O–H groups in total. The van der Waals surface area contributed by atoms with E-state index in [1.807, 2.05) is 6.92 Å². The molecule has 0 bridgehead atoms. The lowest BCUT2D eigenvalue weighted by Gasteiger charge is -2.31. The van der Waals surface area contributed by atoms with Crippen molar-refractivity contribution in [1.82, 2.24) is 0 Å². The molecule has 90 valence electrons. The second kappa shape index (κ2) is 4.68. The van der Waals surface area contributed by atoms with Crippen molar-refractivity contribution in [3.63, 3.8) is 0 Å². The fourth-order valence-corrected chi connectivity index (χ4v) is 2.96. The van der Waals surface area contributed by atoms with Gasteiger partial charge >= 0.3 is 0 Å². The number of aliphatic imine (C=N–C) groups is 2. The van der Waals surface area contributed by atoms with Crippen molar-refractivity contribution in [3.05, 3.63) is 0 Å². The van der Waals surface area contributed by atoms with Crippen LogP contribution in [0, 0.1) is 11.3 Å². The Kier molecular flexibility index (Phi) is 3.46. The highest BCUT2D eigenvalue weighted by Crippen LogP contribution is 2.36. The first-order valence-electron chi connectivity index (χ1n) is 6.65. The molecule has 2 atom stereocenters. The van der Waals surface area contributed by atoms with Crippen LogP contribution in [0.5, 0.6) is 0 Å². The minimum atomic E-state index is 0.447. The summed E-state index contributed by atoms with van der Waals surface area (Å²) in [7, 11) is 0. The first-order valence-corrected chi connectivity index (χ1v) is 6.65. The highest BCUT2D eigenvalue weighted by atomic mass is 15.0. The van der Waals surface area contributed by atoms with Crippen LogP contribution in [-0.2, 0) is 0 Å². The van der Waals surface area contributed by atoms with E-state index in [9.17, 15) is 0 Å². The smallest absolute Gasteiger partial charge is 0.120 e. The van der Waals surface area contributed by atoms with E-state index < -0.39 is 0 Å². The molecule has 2 nitrogen and oxygen atoms in total. The van der Waals surface area contributed by atoms with Gasteiger partial charge in [0.05, 0.1) is 6.04 Å². The lowest BCUT2D eigenvalue weighted by atomic mass is 9.79. The van der Waals surface area contributed by atoms with Crippen molar-refractivity contribution < 1.29 is 0 Å².